The van der Waals surface area contributed by atoms with Crippen molar-refractivity contribution in [2.45, 2.75) is 45.6 Å². The van der Waals surface area contributed by atoms with Gasteiger partial charge in [-0.05, 0) is 130 Å². The lowest BCUT2D eigenvalue weighted by atomic mass is 9.77. The Hall–Kier alpha value is -8.99. The minimum absolute atomic E-state index is 0.0603. The largest absolute Gasteiger partial charge is 0.484 e. The maximum atomic E-state index is 7.13. The summed E-state index contributed by atoms with van der Waals surface area (Å²) < 4.78 is 16.2. The quantitative estimate of drug-likeness (QED) is 0.152. The predicted octanol–water partition coefficient (Wildman–Crippen LogP) is 18.7. The fourth-order valence-corrected chi connectivity index (χ4v) is 12.3. The summed E-state index contributed by atoms with van der Waals surface area (Å²) in [4.78, 5) is 5.66. The van der Waals surface area contributed by atoms with E-state index >= 15 is 0 Å². The summed E-state index contributed by atoms with van der Waals surface area (Å²) in [7, 11) is 0. The van der Waals surface area contributed by atoms with E-state index in [1.807, 2.05) is 0 Å². The lowest BCUT2D eigenvalue weighted by molar-refractivity contribution is 0.257. The number of hydrogen-bond acceptors (Lipinski definition) is 3. The second-order valence-corrected chi connectivity index (χ2v) is 20.4. The maximum Gasteiger partial charge on any atom is 0.137 e. The van der Waals surface area contributed by atoms with Crippen LogP contribution in [0.15, 0.2) is 262 Å². The first-order chi connectivity index (χ1) is 37.0. The summed E-state index contributed by atoms with van der Waals surface area (Å²) >= 11 is 0. The fourth-order valence-electron chi connectivity index (χ4n) is 12.3. The Morgan fingerprint density at radius 1 is 0.547 bits per heavy atom. The molecule has 3 unspecified atom stereocenters. The summed E-state index contributed by atoms with van der Waals surface area (Å²) in [6.45, 7) is 6.93. The van der Waals surface area contributed by atoms with Gasteiger partial charge in [-0.15, -0.1) is 0 Å². The summed E-state index contributed by atoms with van der Waals surface area (Å²) in [5.41, 5.74) is 23.2. The van der Waals surface area contributed by atoms with Crippen LogP contribution in [0.25, 0.3) is 88.5 Å². The van der Waals surface area contributed by atoms with Gasteiger partial charge in [0.15, 0.2) is 0 Å². The van der Waals surface area contributed by atoms with Gasteiger partial charge in [0.25, 0.3) is 0 Å². The van der Waals surface area contributed by atoms with Crippen molar-refractivity contribution in [2.24, 2.45) is 10.9 Å². The minimum atomic E-state index is -0.154. The second kappa shape index (κ2) is 18.2. The van der Waals surface area contributed by atoms with Gasteiger partial charge in [0, 0.05) is 39.1 Å². The number of nitrogens with zero attached hydrogens (tertiary/aromatic N) is 2. The van der Waals surface area contributed by atoms with Gasteiger partial charge in [-0.2, -0.15) is 0 Å². The number of furan rings is 1. The standard InChI is InChI=1S/C71H54N2O2/c1-4-46-40-58(44(2)45(3)69(50-22-12-7-13-23-50)72-70(46)51-32-30-49(31-33-51)47-18-8-5-9-19-47)56-25-16-26-57-60-42-53(35-38-65(60)75-71(56)57)54-36-39-66-61(43-54)68-64(28-17-29-67(68)74-66)73-62-27-15-14-24-55(62)59-41-52(34-37-63(59)73)48-20-10-6-11-21-48/h5-39,41-43,45,57,71H,4,40H2,1-3H3/b58-44-,70-46-,72-69+. The summed E-state index contributed by atoms with van der Waals surface area (Å²) in [6, 6.07) is 76.5. The molecular weight excluding hydrogens is 913 g/mol. The highest BCUT2D eigenvalue weighted by Gasteiger charge is 2.39. The van der Waals surface area contributed by atoms with Crippen LogP contribution in [0.5, 0.6) is 5.75 Å². The highest BCUT2D eigenvalue weighted by atomic mass is 16.5. The van der Waals surface area contributed by atoms with Crippen LogP contribution in [0, 0.1) is 5.92 Å². The van der Waals surface area contributed by atoms with Crippen molar-refractivity contribution in [2.75, 3.05) is 0 Å². The molecule has 4 heterocycles. The molecule has 0 amide bonds. The zero-order chi connectivity index (χ0) is 50.1. The Labute approximate surface area is 437 Å². The number of allylic oxidation sites excluding steroid dienone is 4. The molecule has 0 bridgehead atoms. The van der Waals surface area contributed by atoms with E-state index < -0.39 is 0 Å². The minimum Gasteiger partial charge on any atom is -0.484 e. The van der Waals surface area contributed by atoms with Crippen molar-refractivity contribution < 1.29 is 9.15 Å². The Morgan fingerprint density at radius 3 is 1.93 bits per heavy atom. The van der Waals surface area contributed by atoms with E-state index in [0.29, 0.717) is 0 Å². The summed E-state index contributed by atoms with van der Waals surface area (Å²) in [5.74, 6) is 1.07. The van der Waals surface area contributed by atoms with Crippen molar-refractivity contribution in [1.82, 2.24) is 4.57 Å². The Kier molecular flexibility index (Phi) is 10.8. The molecule has 2 aliphatic heterocycles. The van der Waals surface area contributed by atoms with E-state index in [1.54, 1.807) is 0 Å². The second-order valence-electron chi connectivity index (χ2n) is 20.4. The van der Waals surface area contributed by atoms with Crippen molar-refractivity contribution in [1.29, 1.82) is 0 Å². The van der Waals surface area contributed by atoms with Crippen molar-refractivity contribution in [3.05, 3.63) is 270 Å². The average molecular weight is 967 g/mol. The number of aromatic nitrogens is 1. The van der Waals surface area contributed by atoms with Crippen molar-refractivity contribution in [3.8, 4) is 44.8 Å². The molecule has 0 spiro atoms. The number of aliphatic imine (C=N–C) groups is 1. The molecule has 4 heteroatoms. The highest BCUT2D eigenvalue weighted by molar-refractivity contribution is 6.15. The predicted molar refractivity (Wildman–Crippen MR) is 312 cm³/mol. The average Bonchev–Trinajstić information content (AvgIpc) is 4.17. The number of hydrogen-bond donors (Lipinski definition) is 0. The van der Waals surface area contributed by atoms with Crippen LogP contribution < -0.4 is 4.74 Å². The van der Waals surface area contributed by atoms with E-state index in [4.69, 9.17) is 14.1 Å². The zero-order valence-electron chi connectivity index (χ0n) is 42.3. The topological polar surface area (TPSA) is 39.7 Å². The van der Waals surface area contributed by atoms with Gasteiger partial charge >= 0.3 is 0 Å². The third-order valence-electron chi connectivity index (χ3n) is 16.3. The van der Waals surface area contributed by atoms with Gasteiger partial charge < -0.3 is 13.7 Å². The molecule has 2 aromatic heterocycles. The molecule has 4 nitrogen and oxygen atoms in total. The Bertz CT molecular complexity index is 4220. The monoisotopic (exact) mass is 966 g/mol. The molecule has 0 radical (unpaired) electrons. The molecule has 3 atom stereocenters. The van der Waals surface area contributed by atoms with Crippen molar-refractivity contribution >= 4 is 55.2 Å². The number of para-hydroxylation sites is 1. The molecule has 3 aliphatic rings. The third kappa shape index (κ3) is 7.54. The Balaban J connectivity index is 0.829. The van der Waals surface area contributed by atoms with Gasteiger partial charge in [-0.25, -0.2) is 0 Å². The molecule has 11 aromatic rings. The summed E-state index contributed by atoms with van der Waals surface area (Å²) in [5, 5.41) is 4.64. The smallest absolute Gasteiger partial charge is 0.137 e. The fraction of sp³-hybridized carbons (Fsp3) is 0.113. The van der Waals surface area contributed by atoms with E-state index in [2.05, 4.69) is 256 Å². The van der Waals surface area contributed by atoms with Gasteiger partial charge in [-0.1, -0.05) is 195 Å². The van der Waals surface area contributed by atoms with Crippen LogP contribution >= 0.6 is 0 Å². The Morgan fingerprint density at radius 2 is 1.16 bits per heavy atom. The first-order valence-corrected chi connectivity index (χ1v) is 26.4. The molecule has 1 aliphatic carbocycles. The molecule has 75 heavy (non-hydrogen) atoms. The summed E-state index contributed by atoms with van der Waals surface area (Å²) in [6.07, 6.45) is 8.44. The normalized spacial score (nSPS) is 20.1. The first-order valence-electron chi connectivity index (χ1n) is 26.4. The lowest BCUT2D eigenvalue weighted by Crippen LogP contribution is -2.26. The van der Waals surface area contributed by atoms with Gasteiger partial charge in [0.1, 0.15) is 23.0 Å². The van der Waals surface area contributed by atoms with Gasteiger partial charge in [0.05, 0.1) is 33.5 Å². The van der Waals surface area contributed by atoms with Crippen LogP contribution in [-0.2, 0) is 0 Å². The molecule has 0 saturated heterocycles. The number of benzene rings is 9. The van der Waals surface area contributed by atoms with E-state index in [-0.39, 0.29) is 17.9 Å². The van der Waals surface area contributed by atoms with Crippen molar-refractivity contribution in [3.63, 3.8) is 0 Å². The number of fused-ring (bicyclic) bond motifs is 9. The van der Waals surface area contributed by atoms with E-state index in [1.165, 1.54) is 66.4 Å². The molecule has 0 saturated carbocycles. The molecule has 14 rings (SSSR count). The van der Waals surface area contributed by atoms with Crippen LogP contribution in [0.2, 0.25) is 0 Å². The molecule has 9 aromatic carbocycles. The molecule has 360 valence electrons. The molecule has 0 fully saturated rings. The van der Waals surface area contributed by atoms with Crippen LogP contribution in [0.4, 0.5) is 0 Å². The van der Waals surface area contributed by atoms with E-state index in [0.717, 1.165) is 85.4 Å². The maximum absolute atomic E-state index is 7.13. The highest BCUT2D eigenvalue weighted by Crippen LogP contribution is 2.50. The lowest BCUT2D eigenvalue weighted by Gasteiger charge is -2.31. The zero-order valence-corrected chi connectivity index (χ0v) is 42.3. The van der Waals surface area contributed by atoms with Gasteiger partial charge in [0.2, 0.25) is 0 Å². The van der Waals surface area contributed by atoms with Crippen LogP contribution in [-0.4, -0.2) is 16.4 Å². The van der Waals surface area contributed by atoms with Gasteiger partial charge in [-0.3, -0.25) is 4.99 Å². The number of ether oxygens (including phenoxy) is 1. The third-order valence-corrected chi connectivity index (χ3v) is 16.3. The molecule has 0 N–H and O–H groups in total. The van der Waals surface area contributed by atoms with E-state index in [9.17, 15) is 0 Å². The SMILES string of the molecule is CC/C1=C(c2ccc(-c3ccccc3)cc2)/N=C(/c2ccccc2)C(C)/C(C)=C(\C2=CC=CC3c4cc(-c5ccc6oc7cccc(-n8c9ccccc9c9cc(-c%10ccccc%10)ccc98)c7c6c5)ccc4OC23)C1. The van der Waals surface area contributed by atoms with Crippen LogP contribution in [0.3, 0.4) is 0 Å². The molecular formula is C71H54N2O2. The van der Waals surface area contributed by atoms with Crippen LogP contribution in [0.1, 0.15) is 56.2 Å². The first kappa shape index (κ1) is 44.7. The number of rotatable bonds is 8.